The van der Waals surface area contributed by atoms with Crippen molar-refractivity contribution in [2.45, 2.75) is 11.9 Å². The summed E-state index contributed by atoms with van der Waals surface area (Å²) in [7, 11) is -4.00. The lowest BCUT2D eigenvalue weighted by Crippen LogP contribution is -2.54. The smallest absolute Gasteiger partial charge is 0.259 e. The zero-order chi connectivity index (χ0) is 22.6. The molecule has 1 atom stereocenters. The minimum Gasteiger partial charge on any atom is -0.352 e. The molecule has 0 aromatic heterocycles. The molecule has 1 unspecified atom stereocenters. The van der Waals surface area contributed by atoms with Crippen LogP contribution in [0, 0.1) is 11.6 Å². The molecule has 3 rings (SSSR count). The van der Waals surface area contributed by atoms with Gasteiger partial charge in [0, 0.05) is 37.8 Å². The lowest BCUT2D eigenvalue weighted by molar-refractivity contribution is -0.127. The summed E-state index contributed by atoms with van der Waals surface area (Å²) in [4.78, 5) is 26.7. The number of rotatable bonds is 7. The average Bonchev–Trinajstić information content (AvgIpc) is 3.17. The van der Waals surface area contributed by atoms with Gasteiger partial charge in [0.1, 0.15) is 11.6 Å². The van der Waals surface area contributed by atoms with Crippen LogP contribution in [0.15, 0.2) is 48.5 Å². The van der Waals surface area contributed by atoms with Gasteiger partial charge in [-0.15, -0.1) is 0 Å². The second-order valence-electron chi connectivity index (χ2n) is 6.96. The van der Waals surface area contributed by atoms with Crippen molar-refractivity contribution in [1.82, 2.24) is 14.5 Å². The highest BCUT2D eigenvalue weighted by Crippen LogP contribution is 2.24. The Bertz CT molecular complexity index is 1050. The van der Waals surface area contributed by atoms with Gasteiger partial charge in [-0.25, -0.2) is 17.2 Å². The van der Waals surface area contributed by atoms with E-state index in [1.165, 1.54) is 0 Å². The Balaban J connectivity index is 1.93. The highest BCUT2D eigenvalue weighted by atomic mass is 32.2. The number of sulfonamides is 1. The molecule has 2 aromatic rings. The molecule has 1 fully saturated rings. The fourth-order valence-corrected chi connectivity index (χ4v) is 5.03. The van der Waals surface area contributed by atoms with Gasteiger partial charge in [0.05, 0.1) is 5.75 Å². The number of nitrogens with zero attached hydrogens (tertiary/aromatic N) is 2. The topological polar surface area (TPSA) is 113 Å². The van der Waals surface area contributed by atoms with Crippen LogP contribution in [-0.4, -0.2) is 61.8 Å². The zero-order valence-electron chi connectivity index (χ0n) is 16.5. The van der Waals surface area contributed by atoms with Crippen LogP contribution in [-0.2, 0) is 20.6 Å². The summed E-state index contributed by atoms with van der Waals surface area (Å²) in [6, 6.07) is 10.7. The molecule has 2 amide bonds. The molecule has 2 aromatic carbocycles. The van der Waals surface area contributed by atoms with Gasteiger partial charge in [0.2, 0.25) is 10.0 Å². The van der Waals surface area contributed by atoms with Crippen molar-refractivity contribution >= 4 is 21.8 Å². The minimum absolute atomic E-state index is 0.0680. The molecule has 166 valence electrons. The zero-order valence-corrected chi connectivity index (χ0v) is 17.3. The Morgan fingerprint density at radius 3 is 2.32 bits per heavy atom. The number of hydrogen-bond donors (Lipinski definition) is 2. The molecule has 31 heavy (non-hydrogen) atoms. The van der Waals surface area contributed by atoms with E-state index in [0.717, 1.165) is 21.3 Å². The quantitative estimate of drug-likeness (QED) is 0.641. The molecule has 3 N–H and O–H groups in total. The summed E-state index contributed by atoms with van der Waals surface area (Å²) in [5.74, 6) is -3.89. The Kier molecular flexibility index (Phi) is 6.98. The standard InChI is InChI=1S/C20H22F2N4O4S/c21-16-10-15(11-17(22)12-16)20(28)25-8-9-26(19(25)18(27)24-7-6-23)31(29,30)13-14-4-2-1-3-5-14/h1-5,10-12,19H,6-9,13,23H2,(H,24,27). The highest BCUT2D eigenvalue weighted by molar-refractivity contribution is 7.88. The lowest BCUT2D eigenvalue weighted by atomic mass is 10.2. The molecule has 0 bridgehead atoms. The average molecular weight is 452 g/mol. The van der Waals surface area contributed by atoms with Gasteiger partial charge < -0.3 is 16.0 Å². The van der Waals surface area contributed by atoms with E-state index in [1.54, 1.807) is 30.3 Å². The third kappa shape index (κ3) is 5.24. The molecule has 0 radical (unpaired) electrons. The Labute approximate surface area is 178 Å². The van der Waals surface area contributed by atoms with Crippen LogP contribution < -0.4 is 11.1 Å². The lowest BCUT2D eigenvalue weighted by Gasteiger charge is -2.28. The molecule has 1 aliphatic heterocycles. The Morgan fingerprint density at radius 1 is 1.06 bits per heavy atom. The van der Waals surface area contributed by atoms with E-state index in [-0.39, 0.29) is 37.5 Å². The first-order chi connectivity index (χ1) is 14.7. The van der Waals surface area contributed by atoms with Crippen molar-refractivity contribution in [2.75, 3.05) is 26.2 Å². The van der Waals surface area contributed by atoms with E-state index in [0.29, 0.717) is 11.6 Å². The molecule has 1 saturated heterocycles. The van der Waals surface area contributed by atoms with Crippen LogP contribution in [0.3, 0.4) is 0 Å². The Hall–Kier alpha value is -2.89. The third-order valence-corrected chi connectivity index (χ3v) is 6.52. The summed E-state index contributed by atoms with van der Waals surface area (Å²) in [6.07, 6.45) is -1.50. The highest BCUT2D eigenvalue weighted by Gasteiger charge is 2.46. The minimum atomic E-state index is -4.00. The molecule has 0 spiro atoms. The summed E-state index contributed by atoms with van der Waals surface area (Å²) < 4.78 is 54.3. The number of nitrogens with two attached hydrogens (primary N) is 1. The number of benzene rings is 2. The number of halogens is 2. The summed E-state index contributed by atoms with van der Waals surface area (Å²) >= 11 is 0. The first-order valence-electron chi connectivity index (χ1n) is 9.51. The molecule has 8 nitrogen and oxygen atoms in total. The SMILES string of the molecule is NCCNC(=O)C1N(C(=O)c2cc(F)cc(F)c2)CCN1S(=O)(=O)Cc1ccccc1. The van der Waals surface area contributed by atoms with Crippen LogP contribution in [0.25, 0.3) is 0 Å². The van der Waals surface area contributed by atoms with Gasteiger partial charge in [-0.2, -0.15) is 4.31 Å². The van der Waals surface area contributed by atoms with Gasteiger partial charge in [-0.3, -0.25) is 9.59 Å². The second-order valence-corrected chi connectivity index (χ2v) is 8.88. The normalized spacial score (nSPS) is 17.0. The third-order valence-electron chi connectivity index (χ3n) is 4.73. The van der Waals surface area contributed by atoms with Crippen molar-refractivity contribution in [3.05, 3.63) is 71.3 Å². The van der Waals surface area contributed by atoms with E-state index in [1.807, 2.05) is 0 Å². The van der Waals surface area contributed by atoms with Crippen LogP contribution in [0.2, 0.25) is 0 Å². The molecular weight excluding hydrogens is 430 g/mol. The number of hydrogen-bond acceptors (Lipinski definition) is 5. The van der Waals surface area contributed by atoms with Crippen LogP contribution in [0.5, 0.6) is 0 Å². The van der Waals surface area contributed by atoms with Crippen molar-refractivity contribution in [1.29, 1.82) is 0 Å². The molecule has 1 heterocycles. The van der Waals surface area contributed by atoms with Gasteiger partial charge in [-0.1, -0.05) is 30.3 Å². The predicted octanol–water partition coefficient (Wildman–Crippen LogP) is 0.654. The fraction of sp³-hybridized carbons (Fsp3) is 0.300. The molecule has 0 aliphatic carbocycles. The van der Waals surface area contributed by atoms with Crippen molar-refractivity contribution in [3.63, 3.8) is 0 Å². The van der Waals surface area contributed by atoms with E-state index >= 15 is 0 Å². The van der Waals surface area contributed by atoms with Gasteiger partial charge >= 0.3 is 0 Å². The van der Waals surface area contributed by atoms with Gasteiger partial charge in [-0.05, 0) is 17.7 Å². The van der Waals surface area contributed by atoms with Gasteiger partial charge in [0.25, 0.3) is 11.8 Å². The first kappa shape index (κ1) is 22.8. The summed E-state index contributed by atoms with van der Waals surface area (Å²) in [5.41, 5.74) is 5.60. The predicted molar refractivity (Wildman–Crippen MR) is 109 cm³/mol. The number of carbonyl (C=O) groups is 2. The monoisotopic (exact) mass is 452 g/mol. The summed E-state index contributed by atoms with van der Waals surface area (Å²) in [5, 5.41) is 2.49. The van der Waals surface area contributed by atoms with E-state index in [9.17, 15) is 26.8 Å². The van der Waals surface area contributed by atoms with Crippen LogP contribution in [0.1, 0.15) is 15.9 Å². The number of amides is 2. The second kappa shape index (κ2) is 9.50. The maximum atomic E-state index is 13.6. The Morgan fingerprint density at radius 2 is 1.71 bits per heavy atom. The van der Waals surface area contributed by atoms with Crippen LogP contribution in [0.4, 0.5) is 8.78 Å². The fourth-order valence-electron chi connectivity index (χ4n) is 3.38. The molecule has 11 heteroatoms. The van der Waals surface area contributed by atoms with Gasteiger partial charge in [0.15, 0.2) is 6.17 Å². The number of nitrogens with one attached hydrogen (secondary N) is 1. The molecule has 1 aliphatic rings. The maximum Gasteiger partial charge on any atom is 0.259 e. The van der Waals surface area contributed by atoms with E-state index < -0.39 is 39.6 Å². The number of carbonyl (C=O) groups excluding carboxylic acids is 2. The maximum absolute atomic E-state index is 13.6. The van der Waals surface area contributed by atoms with Crippen LogP contribution >= 0.6 is 0 Å². The van der Waals surface area contributed by atoms with Crippen molar-refractivity contribution < 1.29 is 26.8 Å². The first-order valence-corrected chi connectivity index (χ1v) is 11.1. The van der Waals surface area contributed by atoms with Crippen molar-refractivity contribution in [2.24, 2.45) is 5.73 Å². The van der Waals surface area contributed by atoms with E-state index in [2.05, 4.69) is 5.32 Å². The summed E-state index contributed by atoms with van der Waals surface area (Å²) in [6.45, 7) is -0.0814. The van der Waals surface area contributed by atoms with E-state index in [4.69, 9.17) is 5.73 Å². The molecule has 0 saturated carbocycles. The largest absolute Gasteiger partial charge is 0.352 e. The molecular formula is C20H22F2N4O4S. The van der Waals surface area contributed by atoms with Crippen molar-refractivity contribution in [3.8, 4) is 0 Å².